The summed E-state index contributed by atoms with van der Waals surface area (Å²) in [6.07, 6.45) is 0. The second-order valence-corrected chi connectivity index (χ2v) is 9.39. The topological polar surface area (TPSA) is 64.4 Å². The summed E-state index contributed by atoms with van der Waals surface area (Å²) < 4.78 is 34.9. The van der Waals surface area contributed by atoms with Crippen molar-refractivity contribution in [1.29, 1.82) is 0 Å². The van der Waals surface area contributed by atoms with Crippen LogP contribution in [0, 0.1) is 0 Å². The molecule has 1 aromatic heterocycles. The van der Waals surface area contributed by atoms with Gasteiger partial charge in [-0.1, -0.05) is 43.8 Å². The lowest BCUT2D eigenvalue weighted by Gasteiger charge is -2.18. The summed E-state index contributed by atoms with van der Waals surface area (Å²) in [5.41, 5.74) is 1.64. The van der Waals surface area contributed by atoms with Crippen LogP contribution in [0.5, 0.6) is 5.75 Å². The minimum Gasteiger partial charge on any atom is -0.493 e. The van der Waals surface area contributed by atoms with Crippen LogP contribution in [-0.4, -0.2) is 47.7 Å². The first-order valence-corrected chi connectivity index (χ1v) is 12.2. The highest BCUT2D eigenvalue weighted by Gasteiger charge is 2.23. The van der Waals surface area contributed by atoms with Crippen LogP contribution < -0.4 is 4.74 Å². The zero-order chi connectivity index (χ0) is 20.9. The number of ether oxygens (including phenoxy) is 1. The maximum atomic E-state index is 12.8. The number of hydrogen-bond donors (Lipinski definition) is 0. The van der Waals surface area contributed by atoms with Crippen molar-refractivity contribution in [2.75, 3.05) is 25.4 Å². The summed E-state index contributed by atoms with van der Waals surface area (Å²) in [7, 11) is -3.50. The Morgan fingerprint density at radius 2 is 1.79 bits per heavy atom. The molecular formula is C21H27N3O3S2. The first-order chi connectivity index (χ1) is 14.0. The summed E-state index contributed by atoms with van der Waals surface area (Å²) >= 11 is 1.61. The van der Waals surface area contributed by atoms with E-state index in [1.165, 1.54) is 4.31 Å². The van der Waals surface area contributed by atoms with Gasteiger partial charge in [0.15, 0.2) is 5.16 Å². The van der Waals surface area contributed by atoms with E-state index in [0.717, 1.165) is 28.7 Å². The Labute approximate surface area is 176 Å². The van der Waals surface area contributed by atoms with Crippen molar-refractivity contribution < 1.29 is 13.2 Å². The van der Waals surface area contributed by atoms with Crippen LogP contribution in [0.3, 0.4) is 0 Å². The van der Waals surface area contributed by atoms with Crippen LogP contribution in [0.15, 0.2) is 58.6 Å². The summed E-state index contributed by atoms with van der Waals surface area (Å²) in [5, 5.41) is 0.872. The van der Waals surface area contributed by atoms with Crippen molar-refractivity contribution in [3.05, 3.63) is 48.5 Å². The molecule has 156 valence electrons. The van der Waals surface area contributed by atoms with Crippen LogP contribution in [0.1, 0.15) is 20.8 Å². The number of aromatic nitrogens is 2. The lowest BCUT2D eigenvalue weighted by molar-refractivity contribution is 0.344. The molecule has 0 radical (unpaired) electrons. The van der Waals surface area contributed by atoms with Gasteiger partial charge in [0, 0.05) is 25.4 Å². The van der Waals surface area contributed by atoms with Gasteiger partial charge in [-0.15, -0.1) is 0 Å². The molecule has 29 heavy (non-hydrogen) atoms. The molecule has 3 rings (SSSR count). The van der Waals surface area contributed by atoms with Crippen LogP contribution >= 0.6 is 11.8 Å². The second kappa shape index (κ2) is 9.65. The quantitative estimate of drug-likeness (QED) is 0.353. The van der Waals surface area contributed by atoms with Gasteiger partial charge in [0.1, 0.15) is 5.75 Å². The van der Waals surface area contributed by atoms with Gasteiger partial charge in [0.05, 0.1) is 22.5 Å². The SMILES string of the molecule is CCN(CC)S(=O)(=O)c1ccc2c(c1)nc(SCCOc1ccccc1)n2CC. The lowest BCUT2D eigenvalue weighted by atomic mass is 10.3. The fourth-order valence-corrected chi connectivity index (χ4v) is 5.56. The van der Waals surface area contributed by atoms with E-state index < -0.39 is 10.0 Å². The number of nitrogens with zero attached hydrogens (tertiary/aromatic N) is 3. The van der Waals surface area contributed by atoms with Crippen molar-refractivity contribution in [3.63, 3.8) is 0 Å². The zero-order valence-electron chi connectivity index (χ0n) is 17.0. The Balaban J connectivity index is 1.78. The fourth-order valence-electron chi connectivity index (χ4n) is 3.19. The molecule has 0 amide bonds. The number of benzene rings is 2. The average Bonchev–Trinajstić information content (AvgIpc) is 3.09. The standard InChI is InChI=1S/C21H27N3O3S2/c1-4-23(5-2)29(25,26)18-12-13-20-19(16-18)22-21(24(20)6-3)28-15-14-27-17-10-8-7-9-11-17/h7-13,16H,4-6,14-15H2,1-3H3. The number of sulfonamides is 1. The molecular weight excluding hydrogens is 406 g/mol. The van der Waals surface area contributed by atoms with Crippen molar-refractivity contribution in [3.8, 4) is 5.75 Å². The van der Waals surface area contributed by atoms with Gasteiger partial charge >= 0.3 is 0 Å². The van der Waals surface area contributed by atoms with Crippen LogP contribution in [-0.2, 0) is 16.6 Å². The highest BCUT2D eigenvalue weighted by molar-refractivity contribution is 7.99. The van der Waals surface area contributed by atoms with E-state index in [2.05, 4.69) is 11.5 Å². The number of aryl methyl sites for hydroxylation is 1. The number of fused-ring (bicyclic) bond motifs is 1. The van der Waals surface area contributed by atoms with Crippen LogP contribution in [0.25, 0.3) is 11.0 Å². The number of para-hydroxylation sites is 1. The monoisotopic (exact) mass is 433 g/mol. The third-order valence-electron chi connectivity index (χ3n) is 4.67. The molecule has 0 aliphatic rings. The molecule has 0 fully saturated rings. The van der Waals surface area contributed by atoms with E-state index in [9.17, 15) is 8.42 Å². The molecule has 8 heteroatoms. The number of imidazole rings is 1. The van der Waals surface area contributed by atoms with Gasteiger partial charge in [-0.2, -0.15) is 4.31 Å². The highest BCUT2D eigenvalue weighted by Crippen LogP contribution is 2.27. The van der Waals surface area contributed by atoms with Gasteiger partial charge in [-0.25, -0.2) is 13.4 Å². The molecule has 2 aromatic carbocycles. The molecule has 1 heterocycles. The smallest absolute Gasteiger partial charge is 0.243 e. The fraction of sp³-hybridized carbons (Fsp3) is 0.381. The van der Waals surface area contributed by atoms with Gasteiger partial charge < -0.3 is 9.30 Å². The third-order valence-corrected chi connectivity index (χ3v) is 7.66. The Kier molecular flexibility index (Phi) is 7.21. The van der Waals surface area contributed by atoms with E-state index in [1.807, 2.05) is 50.2 Å². The van der Waals surface area contributed by atoms with Gasteiger partial charge in [-0.05, 0) is 37.3 Å². The van der Waals surface area contributed by atoms with E-state index in [0.29, 0.717) is 30.1 Å². The van der Waals surface area contributed by atoms with Crippen LogP contribution in [0.2, 0.25) is 0 Å². The van der Waals surface area contributed by atoms with Crippen molar-refractivity contribution in [1.82, 2.24) is 13.9 Å². The number of thioether (sulfide) groups is 1. The predicted octanol–water partition coefficient (Wildman–Crippen LogP) is 4.26. The van der Waals surface area contributed by atoms with E-state index in [4.69, 9.17) is 9.72 Å². The Morgan fingerprint density at radius 3 is 2.45 bits per heavy atom. The molecule has 0 N–H and O–H groups in total. The largest absolute Gasteiger partial charge is 0.493 e. The van der Waals surface area contributed by atoms with E-state index in [1.54, 1.807) is 23.9 Å². The van der Waals surface area contributed by atoms with E-state index in [-0.39, 0.29) is 0 Å². The van der Waals surface area contributed by atoms with Gasteiger partial charge in [0.25, 0.3) is 0 Å². The first kappa shape index (κ1) is 21.7. The third kappa shape index (κ3) is 4.76. The molecule has 0 saturated heterocycles. The van der Waals surface area contributed by atoms with Crippen molar-refractivity contribution >= 4 is 32.8 Å². The normalized spacial score (nSPS) is 12.0. The molecule has 6 nitrogen and oxygen atoms in total. The van der Waals surface area contributed by atoms with E-state index >= 15 is 0 Å². The van der Waals surface area contributed by atoms with Gasteiger partial charge in [-0.3, -0.25) is 0 Å². The number of rotatable bonds is 10. The van der Waals surface area contributed by atoms with Crippen molar-refractivity contribution in [2.24, 2.45) is 0 Å². The predicted molar refractivity (Wildman–Crippen MR) is 118 cm³/mol. The molecule has 0 atom stereocenters. The summed E-state index contributed by atoms with van der Waals surface area (Å²) in [6, 6.07) is 14.9. The zero-order valence-corrected chi connectivity index (χ0v) is 18.7. The maximum absolute atomic E-state index is 12.8. The molecule has 0 saturated carbocycles. The molecule has 3 aromatic rings. The molecule has 0 aliphatic carbocycles. The Hall–Kier alpha value is -2.03. The summed E-state index contributed by atoms with van der Waals surface area (Å²) in [6.45, 7) is 7.98. The Bertz CT molecular complexity index is 1050. The summed E-state index contributed by atoms with van der Waals surface area (Å²) in [5.74, 6) is 1.60. The maximum Gasteiger partial charge on any atom is 0.243 e. The van der Waals surface area contributed by atoms with Crippen LogP contribution in [0.4, 0.5) is 0 Å². The molecule has 0 aliphatic heterocycles. The minimum atomic E-state index is -3.50. The average molecular weight is 434 g/mol. The summed E-state index contributed by atoms with van der Waals surface area (Å²) in [4.78, 5) is 4.99. The Morgan fingerprint density at radius 1 is 1.07 bits per heavy atom. The first-order valence-electron chi connectivity index (χ1n) is 9.82. The molecule has 0 unspecified atom stereocenters. The molecule has 0 bridgehead atoms. The lowest BCUT2D eigenvalue weighted by Crippen LogP contribution is -2.30. The molecule has 0 spiro atoms. The highest BCUT2D eigenvalue weighted by atomic mass is 32.2. The van der Waals surface area contributed by atoms with Crippen molar-refractivity contribution in [2.45, 2.75) is 37.4 Å². The van der Waals surface area contributed by atoms with Gasteiger partial charge in [0.2, 0.25) is 10.0 Å². The second-order valence-electron chi connectivity index (χ2n) is 6.39. The minimum absolute atomic E-state index is 0.290. The number of hydrogen-bond acceptors (Lipinski definition) is 5.